The first kappa shape index (κ1) is 16.2. The lowest BCUT2D eigenvalue weighted by molar-refractivity contribution is 0.171. The van der Waals surface area contributed by atoms with Crippen molar-refractivity contribution in [2.24, 2.45) is 0 Å². The number of ether oxygens (including phenoxy) is 2. The van der Waals surface area contributed by atoms with E-state index in [2.05, 4.69) is 16.9 Å². The number of aryl methyl sites for hydroxylation is 1. The van der Waals surface area contributed by atoms with Gasteiger partial charge in [-0.3, -0.25) is 4.79 Å². The number of rotatable bonds is 5. The second kappa shape index (κ2) is 7.27. The van der Waals surface area contributed by atoms with E-state index in [4.69, 9.17) is 21.1 Å². The Morgan fingerprint density at radius 2 is 2.13 bits per heavy atom. The Morgan fingerprint density at radius 1 is 1.30 bits per heavy atom. The minimum Gasteiger partial charge on any atom is -0.486 e. The highest BCUT2D eigenvalue weighted by molar-refractivity contribution is 7.98. The van der Waals surface area contributed by atoms with Crippen LogP contribution in [-0.2, 0) is 12.2 Å². The molecule has 0 amide bonds. The lowest BCUT2D eigenvalue weighted by atomic mass is 10.2. The minimum absolute atomic E-state index is 0.119. The Hall–Kier alpha value is -1.66. The number of H-pyrrole nitrogens is 1. The minimum atomic E-state index is -0.119. The monoisotopic (exact) mass is 352 g/mol. The van der Waals surface area contributed by atoms with Gasteiger partial charge in [-0.05, 0) is 24.1 Å². The number of nitrogens with one attached hydrogen (secondary N) is 1. The van der Waals surface area contributed by atoms with Gasteiger partial charge in [0.1, 0.15) is 13.2 Å². The highest BCUT2D eigenvalue weighted by Crippen LogP contribution is 2.39. The molecule has 2 aromatic rings. The summed E-state index contributed by atoms with van der Waals surface area (Å²) < 4.78 is 11.1. The molecule has 0 aliphatic carbocycles. The van der Waals surface area contributed by atoms with Crippen LogP contribution in [0.2, 0.25) is 5.02 Å². The predicted octanol–water partition coefficient (Wildman–Crippen LogP) is 3.44. The van der Waals surface area contributed by atoms with Crippen molar-refractivity contribution in [1.82, 2.24) is 9.97 Å². The van der Waals surface area contributed by atoms with Crippen molar-refractivity contribution in [3.63, 3.8) is 0 Å². The molecular formula is C16H17ClN2O3S. The largest absolute Gasteiger partial charge is 0.486 e. The smallest absolute Gasteiger partial charge is 0.251 e. The Morgan fingerprint density at radius 3 is 2.96 bits per heavy atom. The van der Waals surface area contributed by atoms with Crippen LogP contribution in [0.3, 0.4) is 0 Å². The van der Waals surface area contributed by atoms with Crippen LogP contribution < -0.4 is 15.0 Å². The molecule has 0 spiro atoms. The third-order valence-corrected chi connectivity index (χ3v) is 4.54. The first-order chi connectivity index (χ1) is 11.2. The first-order valence-corrected chi connectivity index (χ1v) is 8.83. The van der Waals surface area contributed by atoms with Gasteiger partial charge in [0.15, 0.2) is 16.7 Å². The highest BCUT2D eigenvalue weighted by Gasteiger charge is 2.16. The topological polar surface area (TPSA) is 64.2 Å². The molecule has 5 nitrogen and oxygen atoms in total. The summed E-state index contributed by atoms with van der Waals surface area (Å²) >= 11 is 7.70. The van der Waals surface area contributed by atoms with E-state index in [1.54, 1.807) is 6.07 Å². The number of nitrogens with zero attached hydrogens (tertiary/aromatic N) is 1. The number of aromatic nitrogens is 2. The average Bonchev–Trinajstić information content (AvgIpc) is 2.53. The Labute approximate surface area is 143 Å². The number of halogens is 1. The van der Waals surface area contributed by atoms with E-state index in [0.717, 1.165) is 24.1 Å². The fourth-order valence-corrected chi connectivity index (χ4v) is 3.45. The van der Waals surface area contributed by atoms with Crippen LogP contribution in [0.1, 0.15) is 24.6 Å². The summed E-state index contributed by atoms with van der Waals surface area (Å²) in [5, 5.41) is 1.16. The summed E-state index contributed by atoms with van der Waals surface area (Å²) in [4.78, 5) is 18.9. The Kier molecular flexibility index (Phi) is 5.13. The van der Waals surface area contributed by atoms with Gasteiger partial charge in [0.05, 0.1) is 5.02 Å². The molecule has 0 saturated heterocycles. The van der Waals surface area contributed by atoms with E-state index in [9.17, 15) is 4.79 Å². The van der Waals surface area contributed by atoms with E-state index < -0.39 is 0 Å². The van der Waals surface area contributed by atoms with Crippen molar-refractivity contribution in [2.45, 2.75) is 30.7 Å². The lowest BCUT2D eigenvalue weighted by Crippen LogP contribution is -2.15. The molecule has 1 aliphatic heterocycles. The maximum atomic E-state index is 11.7. The lowest BCUT2D eigenvalue weighted by Gasteiger charge is -2.20. The van der Waals surface area contributed by atoms with E-state index in [1.165, 1.54) is 11.8 Å². The number of hydrogen-bond acceptors (Lipinski definition) is 5. The second-order valence-corrected chi connectivity index (χ2v) is 6.55. The van der Waals surface area contributed by atoms with Crippen LogP contribution in [0, 0.1) is 0 Å². The first-order valence-electron chi connectivity index (χ1n) is 7.46. The van der Waals surface area contributed by atoms with Crippen LogP contribution in [0.25, 0.3) is 0 Å². The Bertz CT molecular complexity index is 763. The molecule has 0 fully saturated rings. The van der Waals surface area contributed by atoms with Gasteiger partial charge in [0.25, 0.3) is 5.56 Å². The third-order valence-electron chi connectivity index (χ3n) is 3.31. The summed E-state index contributed by atoms with van der Waals surface area (Å²) in [6.45, 7) is 3.09. The summed E-state index contributed by atoms with van der Waals surface area (Å²) in [5.41, 5.74) is 1.69. The number of fused-ring (bicyclic) bond motifs is 1. The van der Waals surface area contributed by atoms with Crippen molar-refractivity contribution in [2.75, 3.05) is 13.2 Å². The predicted molar refractivity (Wildman–Crippen MR) is 90.9 cm³/mol. The molecule has 0 radical (unpaired) electrons. The quantitative estimate of drug-likeness (QED) is 0.659. The van der Waals surface area contributed by atoms with Crippen LogP contribution in [0.4, 0.5) is 0 Å². The maximum absolute atomic E-state index is 11.7. The summed E-state index contributed by atoms with van der Waals surface area (Å²) in [7, 11) is 0. The summed E-state index contributed by atoms with van der Waals surface area (Å²) in [6, 6.07) is 5.33. The fraction of sp³-hybridized carbons (Fsp3) is 0.375. The van der Waals surface area contributed by atoms with Crippen molar-refractivity contribution >= 4 is 23.4 Å². The molecule has 0 atom stereocenters. The van der Waals surface area contributed by atoms with Crippen molar-refractivity contribution in [3.05, 3.63) is 44.8 Å². The molecule has 1 N–H and O–H groups in total. The average molecular weight is 353 g/mol. The van der Waals surface area contributed by atoms with Crippen molar-refractivity contribution in [1.29, 1.82) is 0 Å². The third kappa shape index (κ3) is 4.00. The van der Waals surface area contributed by atoms with Gasteiger partial charge >= 0.3 is 0 Å². The second-order valence-electron chi connectivity index (χ2n) is 5.18. The zero-order chi connectivity index (χ0) is 16.2. The molecule has 7 heteroatoms. The van der Waals surface area contributed by atoms with Gasteiger partial charge in [-0.2, -0.15) is 0 Å². The van der Waals surface area contributed by atoms with Gasteiger partial charge < -0.3 is 14.5 Å². The molecule has 23 heavy (non-hydrogen) atoms. The molecule has 122 valence electrons. The zero-order valence-electron chi connectivity index (χ0n) is 12.7. The van der Waals surface area contributed by atoms with E-state index in [0.29, 0.717) is 40.6 Å². The Balaban J connectivity index is 1.76. The van der Waals surface area contributed by atoms with Crippen LogP contribution >= 0.6 is 23.4 Å². The SMILES string of the molecule is CCCc1cc(=O)[nH]c(SCc2cc(Cl)c3c(c2)OCCO3)n1. The summed E-state index contributed by atoms with van der Waals surface area (Å²) in [5.74, 6) is 1.90. The van der Waals surface area contributed by atoms with E-state index in [1.807, 2.05) is 12.1 Å². The zero-order valence-corrected chi connectivity index (χ0v) is 14.3. The number of hydrogen-bond donors (Lipinski definition) is 1. The fourth-order valence-electron chi connectivity index (χ4n) is 2.34. The maximum Gasteiger partial charge on any atom is 0.251 e. The number of aromatic amines is 1. The van der Waals surface area contributed by atoms with Gasteiger partial charge in [-0.25, -0.2) is 4.98 Å². The van der Waals surface area contributed by atoms with Crippen LogP contribution in [0.15, 0.2) is 28.2 Å². The van der Waals surface area contributed by atoms with Crippen LogP contribution in [0.5, 0.6) is 11.5 Å². The number of thioether (sulfide) groups is 1. The molecule has 1 aliphatic rings. The van der Waals surface area contributed by atoms with Crippen molar-refractivity contribution < 1.29 is 9.47 Å². The van der Waals surface area contributed by atoms with Gasteiger partial charge in [0.2, 0.25) is 0 Å². The number of benzene rings is 1. The molecule has 0 bridgehead atoms. The summed E-state index contributed by atoms with van der Waals surface area (Å²) in [6.07, 6.45) is 1.76. The van der Waals surface area contributed by atoms with Gasteiger partial charge in [0, 0.05) is 17.5 Å². The highest BCUT2D eigenvalue weighted by atomic mass is 35.5. The normalized spacial score (nSPS) is 13.1. The van der Waals surface area contributed by atoms with Crippen LogP contribution in [-0.4, -0.2) is 23.2 Å². The molecule has 0 unspecified atom stereocenters. The van der Waals surface area contributed by atoms with Crippen molar-refractivity contribution in [3.8, 4) is 11.5 Å². The molecule has 2 heterocycles. The van der Waals surface area contributed by atoms with E-state index >= 15 is 0 Å². The molecule has 1 aromatic heterocycles. The molecule has 3 rings (SSSR count). The van der Waals surface area contributed by atoms with E-state index in [-0.39, 0.29) is 5.56 Å². The van der Waals surface area contributed by atoms with Gasteiger partial charge in [-0.1, -0.05) is 36.7 Å². The molecule has 0 saturated carbocycles. The molecule has 1 aromatic carbocycles. The standard InChI is InChI=1S/C16H17ClN2O3S/c1-2-3-11-8-14(20)19-16(18-11)23-9-10-6-12(17)15-13(7-10)21-4-5-22-15/h6-8H,2-5,9H2,1H3,(H,18,19,20). The van der Waals surface area contributed by atoms with Gasteiger partial charge in [-0.15, -0.1) is 0 Å². The molecular weight excluding hydrogens is 336 g/mol.